The van der Waals surface area contributed by atoms with Crippen LogP contribution in [0, 0.1) is 12.8 Å². The number of H-pyrrole nitrogens is 1. The van der Waals surface area contributed by atoms with Gasteiger partial charge in [0.15, 0.2) is 0 Å². The number of aromatic nitrogens is 1. The molecule has 34 heavy (non-hydrogen) atoms. The average Bonchev–Trinajstić information content (AvgIpc) is 3.22. The zero-order chi connectivity index (χ0) is 23.1. The molecule has 3 aromatic carbocycles. The second kappa shape index (κ2) is 8.63. The summed E-state index contributed by atoms with van der Waals surface area (Å²) < 4.78 is 5.64. The number of hydrogen-bond acceptors (Lipinski definition) is 2. The van der Waals surface area contributed by atoms with Gasteiger partial charge in [0, 0.05) is 35.1 Å². The fraction of sp³-hybridized carbons (Fsp3) is 0.355. The number of aromatic amines is 1. The molecular formula is C31H34N2O. The number of aryl methyl sites for hydroxylation is 1. The van der Waals surface area contributed by atoms with Gasteiger partial charge in [0.1, 0.15) is 5.75 Å². The number of benzene rings is 3. The number of ether oxygens (including phenoxy) is 1. The molecule has 1 unspecified atom stereocenters. The SMILES string of the molecule is COc1cccc([C@]23CCN(CCc4ccccc4)CC2Cc2c([nH]c4cc(C)ccc24)C3)c1. The Morgan fingerprint density at radius 3 is 2.76 bits per heavy atom. The van der Waals surface area contributed by atoms with Crippen LogP contribution in [0.4, 0.5) is 0 Å². The first-order chi connectivity index (χ1) is 16.6. The lowest BCUT2D eigenvalue weighted by Gasteiger charge is -2.51. The highest BCUT2D eigenvalue weighted by Gasteiger charge is 2.48. The maximum atomic E-state index is 5.64. The minimum atomic E-state index is 0.153. The molecule has 1 aromatic heterocycles. The lowest BCUT2D eigenvalue weighted by molar-refractivity contribution is 0.0822. The van der Waals surface area contributed by atoms with E-state index in [2.05, 4.69) is 89.6 Å². The summed E-state index contributed by atoms with van der Waals surface area (Å²) in [5, 5.41) is 1.42. The van der Waals surface area contributed by atoms with Crippen molar-refractivity contribution in [3.63, 3.8) is 0 Å². The van der Waals surface area contributed by atoms with Gasteiger partial charge in [-0.25, -0.2) is 0 Å². The van der Waals surface area contributed by atoms with E-state index in [0.29, 0.717) is 5.92 Å². The number of fused-ring (bicyclic) bond motifs is 4. The minimum absolute atomic E-state index is 0.153. The largest absolute Gasteiger partial charge is 0.497 e. The molecular weight excluding hydrogens is 416 g/mol. The minimum Gasteiger partial charge on any atom is -0.497 e. The van der Waals surface area contributed by atoms with Crippen LogP contribution in [0.15, 0.2) is 72.8 Å². The van der Waals surface area contributed by atoms with Gasteiger partial charge < -0.3 is 14.6 Å². The molecule has 2 atom stereocenters. The molecule has 0 amide bonds. The molecule has 1 N–H and O–H groups in total. The van der Waals surface area contributed by atoms with Crippen LogP contribution >= 0.6 is 0 Å². The molecule has 0 bridgehead atoms. The van der Waals surface area contributed by atoms with Gasteiger partial charge >= 0.3 is 0 Å². The fourth-order valence-corrected chi connectivity index (χ4v) is 6.55. The molecule has 4 aromatic rings. The van der Waals surface area contributed by atoms with E-state index in [4.69, 9.17) is 4.74 Å². The van der Waals surface area contributed by atoms with Crippen LogP contribution in [0.25, 0.3) is 10.9 Å². The first kappa shape index (κ1) is 21.5. The van der Waals surface area contributed by atoms with E-state index in [9.17, 15) is 0 Å². The van der Waals surface area contributed by atoms with Crippen LogP contribution in [0.3, 0.4) is 0 Å². The van der Waals surface area contributed by atoms with Crippen molar-refractivity contribution in [2.24, 2.45) is 5.92 Å². The van der Waals surface area contributed by atoms with Crippen LogP contribution in [0.2, 0.25) is 0 Å². The van der Waals surface area contributed by atoms with E-state index in [1.54, 1.807) is 12.7 Å². The number of methoxy groups -OCH3 is 1. The number of hydrogen-bond donors (Lipinski definition) is 1. The number of rotatable bonds is 5. The summed E-state index contributed by atoms with van der Waals surface area (Å²) in [5.74, 6) is 1.56. The van der Waals surface area contributed by atoms with Gasteiger partial charge in [-0.3, -0.25) is 0 Å². The molecule has 1 aliphatic heterocycles. The fourth-order valence-electron chi connectivity index (χ4n) is 6.55. The highest BCUT2D eigenvalue weighted by atomic mass is 16.5. The smallest absolute Gasteiger partial charge is 0.119 e. The zero-order valence-electron chi connectivity index (χ0n) is 20.3. The van der Waals surface area contributed by atoms with Gasteiger partial charge in [0.2, 0.25) is 0 Å². The molecule has 1 fully saturated rings. The van der Waals surface area contributed by atoms with Crippen LogP contribution < -0.4 is 4.74 Å². The van der Waals surface area contributed by atoms with Crippen LogP contribution in [0.1, 0.15) is 34.4 Å². The number of nitrogens with one attached hydrogen (secondary N) is 1. The van der Waals surface area contributed by atoms with E-state index in [-0.39, 0.29) is 5.41 Å². The van der Waals surface area contributed by atoms with Gasteiger partial charge in [-0.1, -0.05) is 54.6 Å². The molecule has 1 aliphatic carbocycles. The van der Waals surface area contributed by atoms with Crippen molar-refractivity contribution >= 4 is 10.9 Å². The molecule has 0 radical (unpaired) electrons. The molecule has 0 saturated carbocycles. The molecule has 3 nitrogen and oxygen atoms in total. The predicted molar refractivity (Wildman–Crippen MR) is 140 cm³/mol. The molecule has 0 spiro atoms. The van der Waals surface area contributed by atoms with Crippen molar-refractivity contribution in [1.29, 1.82) is 0 Å². The van der Waals surface area contributed by atoms with Crippen molar-refractivity contribution in [3.05, 3.63) is 101 Å². The topological polar surface area (TPSA) is 28.3 Å². The second-order valence-corrected chi connectivity index (χ2v) is 10.4. The Morgan fingerprint density at radius 1 is 1.03 bits per heavy atom. The maximum absolute atomic E-state index is 5.64. The Kier molecular flexibility index (Phi) is 5.45. The average molecular weight is 451 g/mol. The first-order valence-electron chi connectivity index (χ1n) is 12.7. The standard InChI is InChI=1S/C31H34N2O/c1-22-11-12-27-28-19-25-21-33(15-13-23-7-4-3-5-8-23)16-14-31(25,20-30(28)32-29(27)17-22)24-9-6-10-26(18-24)34-2/h3-12,17-18,25,32H,13-16,19-21H2,1-2H3/t25?,31-/m1/s1. The number of piperidine rings is 1. The Morgan fingerprint density at radius 2 is 1.91 bits per heavy atom. The van der Waals surface area contributed by atoms with Gasteiger partial charge in [0.05, 0.1) is 7.11 Å². The van der Waals surface area contributed by atoms with Crippen molar-refractivity contribution in [1.82, 2.24) is 9.88 Å². The predicted octanol–water partition coefficient (Wildman–Crippen LogP) is 6.09. The normalized spacial score (nSPS) is 22.4. The maximum Gasteiger partial charge on any atom is 0.119 e. The third-order valence-corrected chi connectivity index (χ3v) is 8.43. The summed E-state index contributed by atoms with van der Waals surface area (Å²) >= 11 is 0. The molecule has 2 heterocycles. The van der Waals surface area contributed by atoms with Gasteiger partial charge in [-0.05, 0) is 85.5 Å². The lowest BCUT2D eigenvalue weighted by Crippen LogP contribution is -2.54. The summed E-state index contributed by atoms with van der Waals surface area (Å²) in [5.41, 5.74) is 8.63. The zero-order valence-corrected chi connectivity index (χ0v) is 20.3. The summed E-state index contributed by atoms with van der Waals surface area (Å²) in [7, 11) is 1.78. The molecule has 174 valence electrons. The third kappa shape index (κ3) is 3.73. The Bertz CT molecular complexity index is 1310. The molecule has 3 heteroatoms. The van der Waals surface area contributed by atoms with E-state index < -0.39 is 0 Å². The van der Waals surface area contributed by atoms with Crippen molar-refractivity contribution < 1.29 is 4.74 Å². The Balaban J connectivity index is 1.35. The number of nitrogens with zero attached hydrogens (tertiary/aromatic N) is 1. The highest BCUT2D eigenvalue weighted by molar-refractivity contribution is 5.85. The first-order valence-corrected chi connectivity index (χ1v) is 12.7. The quantitative estimate of drug-likeness (QED) is 0.399. The summed E-state index contributed by atoms with van der Waals surface area (Å²) in [4.78, 5) is 6.53. The van der Waals surface area contributed by atoms with Crippen LogP contribution in [0.5, 0.6) is 5.75 Å². The van der Waals surface area contributed by atoms with Crippen LogP contribution in [-0.4, -0.2) is 36.6 Å². The van der Waals surface area contributed by atoms with Crippen LogP contribution in [-0.2, 0) is 24.7 Å². The second-order valence-electron chi connectivity index (χ2n) is 10.4. The molecule has 2 aliphatic rings. The van der Waals surface area contributed by atoms with E-state index in [1.807, 2.05) is 0 Å². The van der Waals surface area contributed by atoms with Gasteiger partial charge in [0.25, 0.3) is 0 Å². The molecule has 1 saturated heterocycles. The van der Waals surface area contributed by atoms with Crippen molar-refractivity contribution in [3.8, 4) is 5.75 Å². The molecule has 6 rings (SSSR count). The van der Waals surface area contributed by atoms with Crippen molar-refractivity contribution in [2.45, 2.75) is 38.0 Å². The van der Waals surface area contributed by atoms with E-state index in [0.717, 1.165) is 44.6 Å². The lowest BCUT2D eigenvalue weighted by atomic mass is 9.58. The third-order valence-electron chi connectivity index (χ3n) is 8.43. The Hall–Kier alpha value is -3.04. The monoisotopic (exact) mass is 450 g/mol. The van der Waals surface area contributed by atoms with Crippen molar-refractivity contribution in [2.75, 3.05) is 26.7 Å². The summed E-state index contributed by atoms with van der Waals surface area (Å²) in [6.45, 7) is 5.62. The van der Waals surface area contributed by atoms with E-state index in [1.165, 1.54) is 39.7 Å². The summed E-state index contributed by atoms with van der Waals surface area (Å²) in [6, 6.07) is 26.7. The Labute approximate surface area is 202 Å². The van der Waals surface area contributed by atoms with E-state index >= 15 is 0 Å². The summed E-state index contributed by atoms with van der Waals surface area (Å²) in [6.07, 6.45) is 4.53. The number of likely N-dealkylation sites (tertiary alicyclic amines) is 1. The van der Waals surface area contributed by atoms with Gasteiger partial charge in [-0.2, -0.15) is 0 Å². The highest BCUT2D eigenvalue weighted by Crippen LogP contribution is 2.49. The van der Waals surface area contributed by atoms with Gasteiger partial charge in [-0.15, -0.1) is 0 Å².